The molecule has 3 nitrogen and oxygen atoms in total. The molecule has 0 radical (unpaired) electrons. The number of sulfone groups is 1. The summed E-state index contributed by atoms with van der Waals surface area (Å²) in [5.41, 5.74) is 0.936. The molecular weight excluding hydrogens is 242 g/mol. The van der Waals surface area contributed by atoms with Crippen LogP contribution in [0.1, 0.15) is 31.7 Å². The average molecular weight is 259 g/mol. The van der Waals surface area contributed by atoms with E-state index in [-0.39, 0.29) is 5.25 Å². The van der Waals surface area contributed by atoms with Crippen LogP contribution in [0.15, 0.2) is 15.7 Å². The molecule has 1 aromatic rings. The topological polar surface area (TPSA) is 46.2 Å². The maximum atomic E-state index is 12.1. The lowest BCUT2D eigenvalue weighted by Crippen LogP contribution is -2.16. The van der Waals surface area contributed by atoms with Crippen LogP contribution in [0.5, 0.6) is 0 Å². The SMILES string of the molecule is CCCNCc1ccsc1S(=O)(=O)C1CC1. The van der Waals surface area contributed by atoms with Crippen molar-refractivity contribution in [2.45, 2.75) is 42.2 Å². The van der Waals surface area contributed by atoms with E-state index in [9.17, 15) is 8.42 Å². The number of hydrogen-bond acceptors (Lipinski definition) is 4. The van der Waals surface area contributed by atoms with Crippen molar-refractivity contribution in [3.63, 3.8) is 0 Å². The summed E-state index contributed by atoms with van der Waals surface area (Å²) in [7, 11) is -3.01. The minimum absolute atomic E-state index is 0.101. The van der Waals surface area contributed by atoms with Crippen molar-refractivity contribution >= 4 is 21.2 Å². The molecule has 0 atom stereocenters. The molecule has 5 heteroatoms. The molecule has 1 aliphatic rings. The smallest absolute Gasteiger partial charge is 0.190 e. The zero-order valence-electron chi connectivity index (χ0n) is 9.40. The summed E-state index contributed by atoms with van der Waals surface area (Å²) in [6.45, 7) is 3.69. The summed E-state index contributed by atoms with van der Waals surface area (Å²) in [6.07, 6.45) is 2.74. The molecule has 16 heavy (non-hydrogen) atoms. The van der Waals surface area contributed by atoms with E-state index in [2.05, 4.69) is 12.2 Å². The zero-order valence-corrected chi connectivity index (χ0v) is 11.0. The Labute approximate surface area is 101 Å². The summed E-state index contributed by atoms with van der Waals surface area (Å²) in [5.74, 6) is 0. The third-order valence-electron chi connectivity index (χ3n) is 2.67. The highest BCUT2D eigenvalue weighted by molar-refractivity contribution is 7.94. The molecule has 1 aromatic heterocycles. The first-order valence-corrected chi connectivity index (χ1v) is 8.10. The first-order chi connectivity index (χ1) is 7.66. The lowest BCUT2D eigenvalue weighted by Gasteiger charge is -2.05. The van der Waals surface area contributed by atoms with Gasteiger partial charge in [-0.25, -0.2) is 8.42 Å². The highest BCUT2D eigenvalue weighted by Gasteiger charge is 2.38. The van der Waals surface area contributed by atoms with Crippen molar-refractivity contribution in [1.29, 1.82) is 0 Å². The molecular formula is C11H17NO2S2. The van der Waals surface area contributed by atoms with Gasteiger partial charge in [0, 0.05) is 6.54 Å². The Balaban J connectivity index is 2.12. The minimum Gasteiger partial charge on any atom is -0.313 e. The predicted octanol–water partition coefficient (Wildman–Crippen LogP) is 2.18. The van der Waals surface area contributed by atoms with Crippen LogP contribution in [0, 0.1) is 0 Å². The number of nitrogens with one attached hydrogen (secondary N) is 1. The molecule has 0 amide bonds. The Morgan fingerprint density at radius 3 is 2.88 bits per heavy atom. The summed E-state index contributed by atoms with van der Waals surface area (Å²) < 4.78 is 24.8. The molecule has 2 rings (SSSR count). The molecule has 1 heterocycles. The fraction of sp³-hybridized carbons (Fsp3) is 0.636. The molecule has 1 N–H and O–H groups in total. The van der Waals surface area contributed by atoms with Crippen LogP contribution < -0.4 is 5.32 Å². The second-order valence-corrected chi connectivity index (χ2v) is 7.49. The number of thiophene rings is 1. The van der Waals surface area contributed by atoms with E-state index >= 15 is 0 Å². The molecule has 0 saturated heterocycles. The molecule has 0 aromatic carbocycles. The van der Waals surface area contributed by atoms with E-state index in [1.54, 1.807) is 0 Å². The molecule has 1 fully saturated rings. The van der Waals surface area contributed by atoms with Crippen molar-refractivity contribution in [3.8, 4) is 0 Å². The van der Waals surface area contributed by atoms with Gasteiger partial charge in [0.2, 0.25) is 0 Å². The van der Waals surface area contributed by atoms with E-state index in [1.807, 2.05) is 11.4 Å². The van der Waals surface area contributed by atoms with Crippen LogP contribution >= 0.6 is 11.3 Å². The van der Waals surface area contributed by atoms with Crippen LogP contribution in [0.2, 0.25) is 0 Å². The third-order valence-corrected chi connectivity index (χ3v) is 6.53. The second-order valence-electron chi connectivity index (χ2n) is 4.15. The molecule has 0 spiro atoms. The fourth-order valence-corrected chi connectivity index (χ4v) is 4.96. The standard InChI is InChI=1S/C11H17NO2S2/c1-2-6-12-8-9-5-7-15-11(9)16(13,14)10-3-4-10/h5,7,10,12H,2-4,6,8H2,1H3. The van der Waals surface area contributed by atoms with Crippen LogP contribution in [0.4, 0.5) is 0 Å². The predicted molar refractivity (Wildman–Crippen MR) is 66.5 cm³/mol. The Hall–Kier alpha value is -0.390. The lowest BCUT2D eigenvalue weighted by atomic mass is 10.3. The minimum atomic E-state index is -3.01. The largest absolute Gasteiger partial charge is 0.313 e. The van der Waals surface area contributed by atoms with Gasteiger partial charge in [-0.1, -0.05) is 6.92 Å². The summed E-state index contributed by atoms with van der Waals surface area (Å²) in [4.78, 5) is 0. The first kappa shape index (κ1) is 12.1. The van der Waals surface area contributed by atoms with E-state index < -0.39 is 9.84 Å². The average Bonchev–Trinajstić information content (AvgIpc) is 3.00. The Bertz CT molecular complexity index is 446. The normalized spacial score (nSPS) is 16.6. The zero-order chi connectivity index (χ0) is 11.6. The van der Waals surface area contributed by atoms with Crippen LogP contribution in [0.25, 0.3) is 0 Å². The highest BCUT2D eigenvalue weighted by atomic mass is 32.2. The summed E-state index contributed by atoms with van der Waals surface area (Å²) in [6, 6.07) is 1.92. The van der Waals surface area contributed by atoms with Gasteiger partial charge in [0.25, 0.3) is 0 Å². The van der Waals surface area contributed by atoms with Gasteiger partial charge in [-0.05, 0) is 42.8 Å². The van der Waals surface area contributed by atoms with Crippen molar-refractivity contribution in [2.75, 3.05) is 6.54 Å². The second kappa shape index (κ2) is 4.85. The summed E-state index contributed by atoms with van der Waals surface area (Å²) in [5, 5.41) is 5.02. The highest BCUT2D eigenvalue weighted by Crippen LogP contribution is 2.37. The summed E-state index contributed by atoms with van der Waals surface area (Å²) >= 11 is 1.35. The van der Waals surface area contributed by atoms with Gasteiger partial charge in [-0.2, -0.15) is 0 Å². The van der Waals surface area contributed by atoms with Gasteiger partial charge in [0.05, 0.1) is 5.25 Å². The monoisotopic (exact) mass is 259 g/mol. The van der Waals surface area contributed by atoms with E-state index in [1.165, 1.54) is 11.3 Å². The number of hydrogen-bond donors (Lipinski definition) is 1. The van der Waals surface area contributed by atoms with Gasteiger partial charge in [-0.3, -0.25) is 0 Å². The van der Waals surface area contributed by atoms with Crippen molar-refractivity contribution in [2.24, 2.45) is 0 Å². The molecule has 1 aliphatic carbocycles. The Morgan fingerprint density at radius 2 is 2.25 bits per heavy atom. The van der Waals surface area contributed by atoms with E-state index in [0.717, 1.165) is 31.4 Å². The van der Waals surface area contributed by atoms with Crippen LogP contribution in [-0.2, 0) is 16.4 Å². The van der Waals surface area contributed by atoms with Gasteiger partial charge in [0.15, 0.2) is 9.84 Å². The van der Waals surface area contributed by atoms with Gasteiger partial charge in [-0.15, -0.1) is 11.3 Å². The maximum absolute atomic E-state index is 12.1. The molecule has 0 bridgehead atoms. The third kappa shape index (κ3) is 2.47. The molecule has 1 saturated carbocycles. The first-order valence-electron chi connectivity index (χ1n) is 5.67. The Kier molecular flexibility index (Phi) is 3.66. The quantitative estimate of drug-likeness (QED) is 0.797. The van der Waals surface area contributed by atoms with Crippen molar-refractivity contribution in [3.05, 3.63) is 17.0 Å². The van der Waals surface area contributed by atoms with E-state index in [4.69, 9.17) is 0 Å². The molecule has 0 unspecified atom stereocenters. The van der Waals surface area contributed by atoms with Crippen molar-refractivity contribution in [1.82, 2.24) is 5.32 Å². The lowest BCUT2D eigenvalue weighted by molar-refractivity contribution is 0.594. The molecule has 0 aliphatic heterocycles. The maximum Gasteiger partial charge on any atom is 0.190 e. The van der Waals surface area contributed by atoms with Crippen molar-refractivity contribution < 1.29 is 8.42 Å². The number of rotatable bonds is 6. The van der Waals surface area contributed by atoms with Gasteiger partial charge in [0.1, 0.15) is 4.21 Å². The van der Waals surface area contributed by atoms with Gasteiger partial charge >= 0.3 is 0 Å². The molecule has 90 valence electrons. The van der Waals surface area contributed by atoms with Crippen LogP contribution in [0.3, 0.4) is 0 Å². The Morgan fingerprint density at radius 1 is 1.50 bits per heavy atom. The van der Waals surface area contributed by atoms with E-state index in [0.29, 0.717) is 10.8 Å². The van der Waals surface area contributed by atoms with Gasteiger partial charge < -0.3 is 5.32 Å². The van der Waals surface area contributed by atoms with Crippen LogP contribution in [-0.4, -0.2) is 20.2 Å². The fourth-order valence-electron chi connectivity index (χ4n) is 1.63.